The topological polar surface area (TPSA) is 110 Å². The second-order valence-corrected chi connectivity index (χ2v) is 11.5. The van der Waals surface area contributed by atoms with Gasteiger partial charge in [0.05, 0.1) is 12.6 Å². The molecule has 9 nitrogen and oxygen atoms in total. The number of benzene rings is 3. The zero-order valence-corrected chi connectivity index (χ0v) is 25.0. The molecule has 228 valence electrons. The predicted molar refractivity (Wildman–Crippen MR) is 168 cm³/mol. The largest absolute Gasteiger partial charge is 0.494 e. The minimum absolute atomic E-state index is 0.0184. The summed E-state index contributed by atoms with van der Waals surface area (Å²) in [7, 11) is 0. The fourth-order valence-electron chi connectivity index (χ4n) is 6.00. The zero-order valence-electron chi connectivity index (χ0n) is 25.0. The van der Waals surface area contributed by atoms with Crippen LogP contribution in [0.25, 0.3) is 11.5 Å². The summed E-state index contributed by atoms with van der Waals surface area (Å²) in [6.45, 7) is 3.37. The van der Waals surface area contributed by atoms with Crippen molar-refractivity contribution < 1.29 is 23.5 Å². The van der Waals surface area contributed by atoms with Gasteiger partial charge in [0, 0.05) is 25.6 Å². The van der Waals surface area contributed by atoms with Crippen LogP contribution >= 0.6 is 0 Å². The second-order valence-electron chi connectivity index (χ2n) is 11.5. The summed E-state index contributed by atoms with van der Waals surface area (Å²) >= 11 is 0. The van der Waals surface area contributed by atoms with Crippen LogP contribution in [-0.2, 0) is 17.6 Å². The molecule has 5 aromatic rings. The summed E-state index contributed by atoms with van der Waals surface area (Å²) in [5, 5.41) is 10.3. The lowest BCUT2D eigenvalue weighted by Gasteiger charge is -2.37. The van der Waals surface area contributed by atoms with Crippen LogP contribution in [0.3, 0.4) is 0 Å². The van der Waals surface area contributed by atoms with Gasteiger partial charge in [-0.3, -0.25) is 14.7 Å². The molecule has 0 fully saturated rings. The molecule has 3 aromatic carbocycles. The quantitative estimate of drug-likeness (QED) is 0.242. The molecule has 1 atom stereocenters. The molecule has 5 aliphatic rings. The summed E-state index contributed by atoms with van der Waals surface area (Å²) in [5.41, 5.74) is 5.13. The molecule has 2 N–H and O–H groups in total. The van der Waals surface area contributed by atoms with Gasteiger partial charge >= 0.3 is 0 Å². The summed E-state index contributed by atoms with van der Waals surface area (Å²) in [6, 6.07) is 26.9. The SMILES string of the molecule is Cc1ccc(-c2cc(C(=O)N3CCc4cc5ccc4C3c3cccc(c3)OCCCNC(=O)CCc3ccc(cc3)O5)n[nH]2)o1. The fraction of sp³-hybridized carbons (Fsp3) is 0.250. The van der Waals surface area contributed by atoms with Crippen LogP contribution in [-0.4, -0.2) is 46.6 Å². The maximum Gasteiger partial charge on any atom is 0.275 e. The lowest BCUT2D eigenvalue weighted by Crippen LogP contribution is -2.40. The number of aryl methyl sites for hydroxylation is 2. The average molecular weight is 603 g/mol. The van der Waals surface area contributed by atoms with Crippen LogP contribution in [0.1, 0.15) is 57.4 Å². The highest BCUT2D eigenvalue weighted by atomic mass is 16.5. The lowest BCUT2D eigenvalue weighted by atomic mass is 9.87. The highest BCUT2D eigenvalue weighted by Gasteiger charge is 2.34. The third-order valence-electron chi connectivity index (χ3n) is 8.29. The van der Waals surface area contributed by atoms with Gasteiger partial charge < -0.3 is 24.1 Å². The number of carbonyl (C=O) groups excluding carboxylic acids is 2. The Balaban J connectivity index is 1.24. The Morgan fingerprint density at radius 2 is 1.78 bits per heavy atom. The van der Waals surface area contributed by atoms with Crippen LogP contribution in [0, 0.1) is 6.92 Å². The molecule has 8 bridgehead atoms. The van der Waals surface area contributed by atoms with E-state index in [1.165, 1.54) is 0 Å². The van der Waals surface area contributed by atoms with E-state index in [2.05, 4.69) is 27.6 Å². The van der Waals surface area contributed by atoms with Crippen molar-refractivity contribution in [2.75, 3.05) is 19.7 Å². The minimum atomic E-state index is -0.363. The first-order valence-corrected chi connectivity index (χ1v) is 15.3. The molecule has 7 heterocycles. The number of aromatic amines is 1. The van der Waals surface area contributed by atoms with Gasteiger partial charge in [-0.2, -0.15) is 5.10 Å². The minimum Gasteiger partial charge on any atom is -0.494 e. The first-order chi connectivity index (χ1) is 22.0. The second kappa shape index (κ2) is 12.4. The number of carbonyl (C=O) groups is 2. The molecule has 0 saturated heterocycles. The van der Waals surface area contributed by atoms with Crippen molar-refractivity contribution in [3.63, 3.8) is 0 Å². The molecule has 0 aliphatic carbocycles. The number of rotatable bonds is 2. The van der Waals surface area contributed by atoms with E-state index < -0.39 is 0 Å². The maximum atomic E-state index is 14.1. The van der Waals surface area contributed by atoms with Gasteiger partial charge in [0.2, 0.25) is 5.91 Å². The molecule has 10 rings (SSSR count). The predicted octanol–water partition coefficient (Wildman–Crippen LogP) is 6.39. The van der Waals surface area contributed by atoms with Gasteiger partial charge in [-0.1, -0.05) is 30.3 Å². The molecule has 2 aromatic heterocycles. The van der Waals surface area contributed by atoms with E-state index in [1.807, 2.05) is 78.6 Å². The lowest BCUT2D eigenvalue weighted by molar-refractivity contribution is -0.121. The third-order valence-corrected chi connectivity index (χ3v) is 8.29. The Hall–Kier alpha value is -5.31. The van der Waals surface area contributed by atoms with Gasteiger partial charge in [-0.25, -0.2) is 0 Å². The van der Waals surface area contributed by atoms with Crippen molar-refractivity contribution in [1.82, 2.24) is 20.4 Å². The van der Waals surface area contributed by atoms with Gasteiger partial charge in [0.15, 0.2) is 11.5 Å². The number of furan rings is 1. The fourth-order valence-corrected chi connectivity index (χ4v) is 6.00. The molecule has 5 aliphatic heterocycles. The number of nitrogens with zero attached hydrogens (tertiary/aromatic N) is 2. The molecule has 9 heteroatoms. The van der Waals surface area contributed by atoms with Crippen LogP contribution in [0.4, 0.5) is 0 Å². The molecule has 0 spiro atoms. The number of nitrogens with one attached hydrogen (secondary N) is 2. The van der Waals surface area contributed by atoms with Crippen molar-refractivity contribution >= 4 is 11.8 Å². The van der Waals surface area contributed by atoms with Crippen molar-refractivity contribution in [2.24, 2.45) is 0 Å². The van der Waals surface area contributed by atoms with Crippen molar-refractivity contribution in [3.8, 4) is 28.7 Å². The maximum absolute atomic E-state index is 14.1. The van der Waals surface area contributed by atoms with Gasteiger partial charge in [-0.15, -0.1) is 0 Å². The van der Waals surface area contributed by atoms with Gasteiger partial charge in [-0.05, 0) is 97.0 Å². The number of ether oxygens (including phenoxy) is 2. The number of aromatic nitrogens is 2. The Kier molecular flexibility index (Phi) is 7.82. The number of hydrogen-bond donors (Lipinski definition) is 2. The summed E-state index contributed by atoms with van der Waals surface area (Å²) in [5.74, 6) is 3.42. The van der Waals surface area contributed by atoms with Crippen molar-refractivity contribution in [2.45, 2.75) is 38.6 Å². The summed E-state index contributed by atoms with van der Waals surface area (Å²) in [4.78, 5) is 28.3. The van der Waals surface area contributed by atoms with E-state index in [0.717, 1.165) is 39.5 Å². The molecule has 2 amide bonds. The third kappa shape index (κ3) is 6.20. The first-order valence-electron chi connectivity index (χ1n) is 15.3. The Labute approximate surface area is 261 Å². The van der Waals surface area contributed by atoms with E-state index >= 15 is 0 Å². The molecular weight excluding hydrogens is 568 g/mol. The molecule has 1 unspecified atom stereocenters. The standard InChI is InChI=1S/C36H34N4O5/c1-23-6-14-33(44-23)31-22-32(39-38-31)36(42)40-18-16-25-20-29-12-13-30(25)35(40)26-4-2-5-28(21-26)43-19-3-17-37-34(41)15-9-24-7-10-27(45-29)11-8-24/h2,4-8,10-14,20-22,35H,3,9,15-19H2,1H3,(H,37,41)(H,38,39). The van der Waals surface area contributed by atoms with Crippen LogP contribution in [0.2, 0.25) is 0 Å². The number of hydrogen-bond acceptors (Lipinski definition) is 6. The Morgan fingerprint density at radius 3 is 2.62 bits per heavy atom. The van der Waals surface area contributed by atoms with Crippen molar-refractivity contribution in [1.29, 1.82) is 0 Å². The monoisotopic (exact) mass is 602 g/mol. The number of H-pyrrole nitrogens is 1. The van der Waals surface area contributed by atoms with E-state index in [0.29, 0.717) is 68.3 Å². The van der Waals surface area contributed by atoms with Crippen LogP contribution in [0.5, 0.6) is 17.2 Å². The Bertz CT molecular complexity index is 1840. The van der Waals surface area contributed by atoms with E-state index in [-0.39, 0.29) is 17.9 Å². The number of amides is 2. The van der Waals surface area contributed by atoms with Gasteiger partial charge in [0.25, 0.3) is 5.91 Å². The normalized spacial score (nSPS) is 16.8. The molecular formula is C36H34N4O5. The summed E-state index contributed by atoms with van der Waals surface area (Å²) in [6.07, 6.45) is 2.43. The van der Waals surface area contributed by atoms with E-state index in [9.17, 15) is 9.59 Å². The average Bonchev–Trinajstić information content (AvgIpc) is 3.73. The first kappa shape index (κ1) is 28.5. The van der Waals surface area contributed by atoms with E-state index in [4.69, 9.17) is 13.9 Å². The molecule has 0 saturated carbocycles. The highest BCUT2D eigenvalue weighted by molar-refractivity contribution is 5.94. The molecule has 0 radical (unpaired) electrons. The highest BCUT2D eigenvalue weighted by Crippen LogP contribution is 2.39. The summed E-state index contributed by atoms with van der Waals surface area (Å²) < 4.78 is 18.1. The van der Waals surface area contributed by atoms with Crippen molar-refractivity contribution in [3.05, 3.63) is 119 Å². The molecule has 45 heavy (non-hydrogen) atoms. The van der Waals surface area contributed by atoms with Gasteiger partial charge in [0.1, 0.15) is 28.7 Å². The van der Waals surface area contributed by atoms with Crippen LogP contribution in [0.15, 0.2) is 89.3 Å². The smallest absolute Gasteiger partial charge is 0.275 e. The van der Waals surface area contributed by atoms with Crippen LogP contribution < -0.4 is 14.8 Å². The Morgan fingerprint density at radius 1 is 0.911 bits per heavy atom. The van der Waals surface area contributed by atoms with E-state index in [1.54, 1.807) is 6.07 Å². The zero-order chi connectivity index (χ0) is 30.8.